The fraction of sp³-hybridized carbons (Fsp3) is 0.571. The van der Waals surface area contributed by atoms with Gasteiger partial charge in [-0.2, -0.15) is 4.31 Å². The molecule has 2 aliphatic rings. The molecule has 2 heterocycles. The summed E-state index contributed by atoms with van der Waals surface area (Å²) < 4.78 is 68.2. The third-order valence-electron chi connectivity index (χ3n) is 4.18. The van der Waals surface area contributed by atoms with Crippen molar-refractivity contribution in [3.05, 3.63) is 24.3 Å². The molecule has 1 aromatic rings. The summed E-state index contributed by atoms with van der Waals surface area (Å²) in [6, 6.07) is 5.19. The van der Waals surface area contributed by atoms with Gasteiger partial charge >= 0.3 is 6.36 Å². The van der Waals surface area contributed by atoms with Crippen LogP contribution in [0.1, 0.15) is 19.3 Å². The van der Waals surface area contributed by atoms with Crippen molar-refractivity contribution in [2.45, 2.75) is 42.6 Å². The second-order valence-electron chi connectivity index (χ2n) is 5.78. The van der Waals surface area contributed by atoms with Crippen LogP contribution in [0.25, 0.3) is 0 Å². The van der Waals surface area contributed by atoms with Crippen LogP contribution in [0.15, 0.2) is 29.2 Å². The maximum absolute atomic E-state index is 12.8. The Balaban J connectivity index is 0.00000208. The van der Waals surface area contributed by atoms with E-state index >= 15 is 0 Å². The van der Waals surface area contributed by atoms with Crippen molar-refractivity contribution in [3.63, 3.8) is 0 Å². The zero-order chi connectivity index (χ0) is 16.7. The van der Waals surface area contributed by atoms with Crippen molar-refractivity contribution >= 4 is 22.4 Å². The molecular weight excluding hydrogens is 369 g/mol. The SMILES string of the molecule is Cl.O=S(=O)(c1ccccc1OC(F)(F)F)N1CCC2CCC(C1)N2. The lowest BCUT2D eigenvalue weighted by Crippen LogP contribution is -2.39. The molecule has 0 amide bonds. The normalized spacial score (nSPS) is 25.0. The molecule has 2 saturated heterocycles. The summed E-state index contributed by atoms with van der Waals surface area (Å²) in [6.07, 6.45) is -2.41. The van der Waals surface area contributed by atoms with Crippen LogP contribution in [0.3, 0.4) is 0 Å². The van der Waals surface area contributed by atoms with E-state index in [-0.39, 0.29) is 37.6 Å². The third kappa shape index (κ3) is 4.14. The highest BCUT2D eigenvalue weighted by Crippen LogP contribution is 2.32. The Morgan fingerprint density at radius 2 is 1.79 bits per heavy atom. The summed E-state index contributed by atoms with van der Waals surface area (Å²) in [4.78, 5) is -0.449. The first-order valence-corrected chi connectivity index (χ1v) is 8.81. The summed E-state index contributed by atoms with van der Waals surface area (Å²) in [5.74, 6) is -0.692. The largest absolute Gasteiger partial charge is 0.573 e. The molecule has 0 spiro atoms. The Morgan fingerprint density at radius 1 is 1.12 bits per heavy atom. The molecule has 0 radical (unpaired) electrons. The smallest absolute Gasteiger partial charge is 0.404 e. The highest BCUT2D eigenvalue weighted by Gasteiger charge is 2.38. The van der Waals surface area contributed by atoms with Gasteiger partial charge in [0, 0.05) is 25.2 Å². The average Bonchev–Trinajstić information content (AvgIpc) is 2.76. The Morgan fingerprint density at radius 3 is 2.50 bits per heavy atom. The zero-order valence-corrected chi connectivity index (χ0v) is 14.3. The number of alkyl halides is 3. The van der Waals surface area contributed by atoms with Gasteiger partial charge in [0.2, 0.25) is 10.0 Å². The maximum atomic E-state index is 12.8. The number of fused-ring (bicyclic) bond motifs is 2. The number of para-hydroxylation sites is 1. The molecule has 2 atom stereocenters. The van der Waals surface area contributed by atoms with Crippen molar-refractivity contribution in [3.8, 4) is 5.75 Å². The predicted molar refractivity (Wildman–Crippen MR) is 83.7 cm³/mol. The van der Waals surface area contributed by atoms with Crippen molar-refractivity contribution in [2.24, 2.45) is 0 Å². The van der Waals surface area contributed by atoms with Crippen molar-refractivity contribution in [1.29, 1.82) is 0 Å². The lowest BCUT2D eigenvalue weighted by molar-refractivity contribution is -0.275. The second-order valence-corrected chi connectivity index (χ2v) is 7.69. The lowest BCUT2D eigenvalue weighted by atomic mass is 10.1. The molecule has 24 heavy (non-hydrogen) atoms. The van der Waals surface area contributed by atoms with E-state index in [1.165, 1.54) is 16.4 Å². The van der Waals surface area contributed by atoms with Crippen LogP contribution in [0.5, 0.6) is 5.75 Å². The number of rotatable bonds is 3. The third-order valence-corrected chi connectivity index (χ3v) is 6.08. The lowest BCUT2D eigenvalue weighted by Gasteiger charge is -2.24. The number of hydrogen-bond donors (Lipinski definition) is 1. The minimum atomic E-state index is -4.94. The van der Waals surface area contributed by atoms with Crippen molar-refractivity contribution in [2.75, 3.05) is 13.1 Å². The molecule has 0 aliphatic carbocycles. The molecule has 0 saturated carbocycles. The number of halogens is 4. The Bertz CT molecular complexity index is 684. The number of hydrogen-bond acceptors (Lipinski definition) is 4. The van der Waals surface area contributed by atoms with Crippen molar-refractivity contribution < 1.29 is 26.3 Å². The van der Waals surface area contributed by atoms with Crippen LogP contribution in [0, 0.1) is 0 Å². The van der Waals surface area contributed by atoms with Gasteiger partial charge in [-0.05, 0) is 31.4 Å². The van der Waals surface area contributed by atoms with E-state index in [1.807, 2.05) is 0 Å². The summed E-state index contributed by atoms with van der Waals surface area (Å²) in [5.41, 5.74) is 0. The van der Waals surface area contributed by atoms with E-state index in [0.29, 0.717) is 6.42 Å². The summed E-state index contributed by atoms with van der Waals surface area (Å²) >= 11 is 0. The number of benzene rings is 1. The molecule has 0 aromatic heterocycles. The van der Waals surface area contributed by atoms with E-state index in [4.69, 9.17) is 0 Å². The molecule has 2 fully saturated rings. The van der Waals surface area contributed by atoms with Gasteiger partial charge in [-0.3, -0.25) is 0 Å². The van der Waals surface area contributed by atoms with Gasteiger partial charge in [0.1, 0.15) is 10.6 Å². The van der Waals surface area contributed by atoms with Gasteiger partial charge in [-0.25, -0.2) is 8.42 Å². The molecule has 2 aliphatic heterocycles. The summed E-state index contributed by atoms with van der Waals surface area (Å²) in [5, 5.41) is 3.34. The first-order valence-electron chi connectivity index (χ1n) is 7.37. The zero-order valence-electron chi connectivity index (χ0n) is 12.6. The number of nitrogens with one attached hydrogen (secondary N) is 1. The van der Waals surface area contributed by atoms with E-state index < -0.39 is 27.0 Å². The number of sulfonamides is 1. The van der Waals surface area contributed by atoms with Crippen molar-refractivity contribution in [1.82, 2.24) is 9.62 Å². The highest BCUT2D eigenvalue weighted by molar-refractivity contribution is 7.89. The van der Waals surface area contributed by atoms with Gasteiger partial charge in [0.05, 0.1) is 0 Å². The van der Waals surface area contributed by atoms with Crippen LogP contribution in [-0.4, -0.2) is 44.3 Å². The molecule has 136 valence electrons. The van der Waals surface area contributed by atoms with E-state index in [0.717, 1.165) is 25.0 Å². The fourth-order valence-electron chi connectivity index (χ4n) is 3.14. The molecular formula is C14H18ClF3N2O3S. The van der Waals surface area contributed by atoms with Crippen LogP contribution in [-0.2, 0) is 10.0 Å². The summed E-state index contributed by atoms with van der Waals surface area (Å²) in [7, 11) is -4.04. The highest BCUT2D eigenvalue weighted by atomic mass is 35.5. The molecule has 3 rings (SSSR count). The minimum absolute atomic E-state index is 0. The van der Waals surface area contributed by atoms with E-state index in [2.05, 4.69) is 10.1 Å². The fourth-order valence-corrected chi connectivity index (χ4v) is 4.76. The Labute approximate surface area is 144 Å². The van der Waals surface area contributed by atoms with Gasteiger partial charge < -0.3 is 10.1 Å². The number of nitrogens with zero attached hydrogens (tertiary/aromatic N) is 1. The quantitative estimate of drug-likeness (QED) is 0.867. The Kier molecular flexibility index (Phi) is 5.68. The Hall–Kier alpha value is -1.03. The first-order chi connectivity index (χ1) is 10.8. The molecule has 1 aromatic carbocycles. The molecule has 5 nitrogen and oxygen atoms in total. The molecule has 1 N–H and O–H groups in total. The monoisotopic (exact) mass is 386 g/mol. The number of ether oxygens (including phenoxy) is 1. The molecule has 2 bridgehead atoms. The van der Waals surface area contributed by atoms with Crippen LogP contribution >= 0.6 is 12.4 Å². The maximum Gasteiger partial charge on any atom is 0.573 e. The van der Waals surface area contributed by atoms with Crippen LogP contribution in [0.2, 0.25) is 0 Å². The molecule has 2 unspecified atom stereocenters. The van der Waals surface area contributed by atoms with Gasteiger partial charge in [-0.15, -0.1) is 25.6 Å². The predicted octanol–water partition coefficient (Wildman–Crippen LogP) is 2.52. The standard InChI is InChI=1S/C14H17F3N2O3S.ClH/c15-14(16,17)22-12-3-1-2-4-13(12)23(20,21)19-8-7-10-5-6-11(9-19)18-10;/h1-4,10-11,18H,5-9H2;1H. The molecule has 10 heteroatoms. The van der Waals surface area contributed by atoms with Gasteiger partial charge in [0.15, 0.2) is 0 Å². The van der Waals surface area contributed by atoms with E-state index in [9.17, 15) is 21.6 Å². The summed E-state index contributed by atoms with van der Waals surface area (Å²) in [6.45, 7) is 0.552. The second kappa shape index (κ2) is 7.07. The van der Waals surface area contributed by atoms with Gasteiger partial charge in [0.25, 0.3) is 0 Å². The topological polar surface area (TPSA) is 58.6 Å². The average molecular weight is 387 g/mol. The minimum Gasteiger partial charge on any atom is -0.404 e. The van der Waals surface area contributed by atoms with Crippen LogP contribution in [0.4, 0.5) is 13.2 Å². The van der Waals surface area contributed by atoms with Gasteiger partial charge in [-0.1, -0.05) is 12.1 Å². The van der Waals surface area contributed by atoms with Crippen LogP contribution < -0.4 is 10.1 Å². The first kappa shape index (κ1) is 19.3. The van der Waals surface area contributed by atoms with E-state index in [1.54, 1.807) is 0 Å².